The van der Waals surface area contributed by atoms with E-state index in [1.54, 1.807) is 29.7 Å². The molecule has 0 spiro atoms. The summed E-state index contributed by atoms with van der Waals surface area (Å²) in [6, 6.07) is 27.3. The number of fused-ring (bicyclic) bond motifs is 6. The maximum absolute atomic E-state index is 13.2. The Morgan fingerprint density at radius 2 is 1.01 bits per heavy atom. The van der Waals surface area contributed by atoms with E-state index in [1.807, 2.05) is 84.9 Å². The minimum absolute atomic E-state index is 0.000750. The molecular weight excluding hydrogens is 1130 g/mol. The number of carbonyl (C=O) groups excluding carboxylic acids is 1. The van der Waals surface area contributed by atoms with Crippen LogP contribution in [0.3, 0.4) is 0 Å². The number of nitrogens with two attached hydrogens (primary N) is 2. The molecule has 10 aromatic rings. The summed E-state index contributed by atoms with van der Waals surface area (Å²) in [6.45, 7) is 1.85. The zero-order valence-corrected chi connectivity index (χ0v) is 47.3. The Hall–Kier alpha value is -9.42. The second-order valence-electron chi connectivity index (χ2n) is 21.1. The molecule has 0 aliphatic carbocycles. The number of amides is 1. The second-order valence-corrected chi connectivity index (χ2v) is 25.0. The number of piperidine rings is 2. The van der Waals surface area contributed by atoms with E-state index in [9.17, 15) is 26.4 Å². The van der Waals surface area contributed by atoms with Crippen molar-refractivity contribution in [2.24, 2.45) is 0 Å². The highest BCUT2D eigenvalue weighted by Gasteiger charge is 2.45. The third-order valence-electron chi connectivity index (χ3n) is 15.4. The van der Waals surface area contributed by atoms with Crippen molar-refractivity contribution in [1.29, 1.82) is 0 Å². The number of nitrogen functional groups attached to an aromatic ring is 2. The number of ether oxygens (including phenoxy) is 2. The van der Waals surface area contributed by atoms with Crippen molar-refractivity contribution in [3.05, 3.63) is 145 Å². The van der Waals surface area contributed by atoms with E-state index in [-0.39, 0.29) is 75.0 Å². The van der Waals surface area contributed by atoms with Gasteiger partial charge in [0.1, 0.15) is 34.1 Å². The number of sulfone groups is 2. The molecule has 4 bridgehead atoms. The van der Waals surface area contributed by atoms with Crippen molar-refractivity contribution >= 4 is 54.5 Å². The summed E-state index contributed by atoms with van der Waals surface area (Å²) in [6.07, 6.45) is 13.9. The highest BCUT2D eigenvalue weighted by atomic mass is 32.2. The molecule has 8 aromatic heterocycles. The van der Waals surface area contributed by atoms with Gasteiger partial charge >= 0.3 is 5.97 Å². The summed E-state index contributed by atoms with van der Waals surface area (Å²) >= 11 is 0. The summed E-state index contributed by atoms with van der Waals surface area (Å²) in [7, 11) is -7.41. The number of nitrogens with zero attached hydrogens (tertiary/aromatic N) is 13. The van der Waals surface area contributed by atoms with Gasteiger partial charge in [-0.1, -0.05) is 72.8 Å². The van der Waals surface area contributed by atoms with Gasteiger partial charge < -0.3 is 36.3 Å². The molecule has 436 valence electrons. The molecular formula is C56H56N18O9S2. The molecule has 4 saturated heterocycles. The number of aromatic carboxylic acids is 1. The Kier molecular flexibility index (Phi) is 15.2. The number of hydrogen-bond donors (Lipinski definition) is 6. The van der Waals surface area contributed by atoms with Crippen molar-refractivity contribution in [3.63, 3.8) is 0 Å². The second kappa shape index (κ2) is 23.0. The average Bonchev–Trinajstić information content (AvgIpc) is 1.97. The summed E-state index contributed by atoms with van der Waals surface area (Å²) in [4.78, 5) is 51.4. The van der Waals surface area contributed by atoms with Gasteiger partial charge in [0.2, 0.25) is 11.6 Å². The molecule has 14 rings (SSSR count). The van der Waals surface area contributed by atoms with Gasteiger partial charge in [-0.2, -0.15) is 29.4 Å². The van der Waals surface area contributed by atoms with Gasteiger partial charge in [-0.15, -0.1) is 0 Å². The van der Waals surface area contributed by atoms with Crippen molar-refractivity contribution < 1.29 is 41.0 Å². The Bertz CT molecular complexity index is 4280. The van der Waals surface area contributed by atoms with Gasteiger partial charge in [-0.3, -0.25) is 25.0 Å². The molecule has 2 aromatic carbocycles. The monoisotopic (exact) mass is 1190 g/mol. The van der Waals surface area contributed by atoms with E-state index < -0.39 is 25.6 Å². The Morgan fingerprint density at radius 1 is 0.565 bits per heavy atom. The van der Waals surface area contributed by atoms with E-state index in [2.05, 4.69) is 55.8 Å². The quantitative estimate of drug-likeness (QED) is 0.109. The number of aromatic amines is 2. The van der Waals surface area contributed by atoms with Crippen molar-refractivity contribution in [3.8, 4) is 44.8 Å². The van der Waals surface area contributed by atoms with E-state index in [1.165, 1.54) is 21.6 Å². The fraction of sp³-hybridized carbons (Fsp3) is 0.286. The number of nitrogens with one attached hydrogen (secondary N) is 3. The summed E-state index contributed by atoms with van der Waals surface area (Å²) in [5, 5.41) is 32.4. The zero-order chi connectivity index (χ0) is 59.1. The van der Waals surface area contributed by atoms with Gasteiger partial charge in [0.15, 0.2) is 31.0 Å². The van der Waals surface area contributed by atoms with Crippen LogP contribution in [0.5, 0.6) is 0 Å². The highest BCUT2D eigenvalue weighted by molar-refractivity contribution is 7.91. The van der Waals surface area contributed by atoms with Crippen LogP contribution < -0.4 is 16.8 Å². The lowest BCUT2D eigenvalue weighted by Gasteiger charge is -2.48. The first-order valence-electron chi connectivity index (χ1n) is 26.9. The minimum atomic E-state index is -3.78. The van der Waals surface area contributed by atoms with Crippen LogP contribution in [0.4, 0.5) is 11.6 Å². The lowest BCUT2D eigenvalue weighted by molar-refractivity contribution is -0.0625. The molecule has 4 unspecified atom stereocenters. The number of carboxylic acids is 1. The zero-order valence-electron chi connectivity index (χ0n) is 45.7. The van der Waals surface area contributed by atoms with Crippen LogP contribution in [0.2, 0.25) is 0 Å². The van der Waals surface area contributed by atoms with Crippen LogP contribution in [0.15, 0.2) is 132 Å². The molecule has 29 heteroatoms. The van der Waals surface area contributed by atoms with E-state index in [4.69, 9.17) is 36.0 Å². The highest BCUT2D eigenvalue weighted by Crippen LogP contribution is 2.43. The fourth-order valence-corrected chi connectivity index (χ4v) is 13.8. The number of benzene rings is 2. The Morgan fingerprint density at radius 3 is 1.41 bits per heavy atom. The maximum atomic E-state index is 13.2. The Labute approximate surface area is 485 Å². The van der Waals surface area contributed by atoms with Gasteiger partial charge in [0.05, 0.1) is 73.7 Å². The predicted octanol–water partition coefficient (Wildman–Crippen LogP) is 4.53. The molecule has 85 heavy (non-hydrogen) atoms. The molecule has 12 heterocycles. The normalized spacial score (nSPS) is 20.2. The molecule has 0 radical (unpaired) electrons. The molecule has 4 aliphatic rings. The van der Waals surface area contributed by atoms with Crippen LogP contribution in [0.25, 0.3) is 56.1 Å². The third-order valence-corrected chi connectivity index (χ3v) is 17.7. The van der Waals surface area contributed by atoms with Crippen LogP contribution in [-0.2, 0) is 29.1 Å². The van der Waals surface area contributed by atoms with Crippen LogP contribution in [-0.4, -0.2) is 171 Å². The number of rotatable bonds is 10. The first-order valence-corrected chi connectivity index (χ1v) is 30.7. The smallest absolute Gasteiger partial charge is 0.373 e. The molecule has 4 aliphatic heterocycles. The van der Waals surface area contributed by atoms with Crippen LogP contribution in [0, 0.1) is 0 Å². The molecule has 4 atom stereocenters. The van der Waals surface area contributed by atoms with Gasteiger partial charge in [-0.25, -0.2) is 41.6 Å². The average molecular weight is 1190 g/mol. The largest absolute Gasteiger partial charge is 0.475 e. The summed E-state index contributed by atoms with van der Waals surface area (Å²) in [5.41, 5.74) is 21.6. The number of morpholine rings is 2. The molecule has 27 nitrogen and oxygen atoms in total. The fourth-order valence-electron chi connectivity index (χ4n) is 11.7. The van der Waals surface area contributed by atoms with E-state index in [0.29, 0.717) is 67.5 Å². The molecule has 1 amide bonds. The molecule has 4 fully saturated rings. The van der Waals surface area contributed by atoms with E-state index in [0.717, 1.165) is 64.6 Å². The number of aromatic nitrogens is 14. The standard InChI is InChI=1S/C28H27N9O4S.C25H26N6O3S.C3H3N3O2/c1-42(39,40)24-23(18-9-19-13-41-14-20(10-18)36(19)28(38)26-31-15-32-35-26)34-27-21(12-33-37(27)25(24)29)17-7-8-22(30-11-17)16-5-3-2-4-6-16;1-35(32,33)23-22(17-9-18-13-34-14-19(10-17)29-18)30-25-20(12-28-31(25)24(23)26)16-7-8-21(27-11-16)15-5-3-2-4-6-15;7-3(8)2-4-1-5-6-2/h2-8,11-12,15,18-20H,9-10,13-14,29H2,1H3,(H,31,32,35);2-8,11-12,17-19,29H,9-10,13-14,26H2,1H3;1H,(H,7,8)(H,4,5,6). The number of H-pyrrole nitrogens is 2. The van der Waals surface area contributed by atoms with Crippen molar-refractivity contribution in [2.75, 3.05) is 50.4 Å². The first kappa shape index (κ1) is 56.1. The third kappa shape index (κ3) is 11.3. The topological polar surface area (TPSA) is 378 Å². The van der Waals surface area contributed by atoms with Crippen molar-refractivity contribution in [2.45, 2.75) is 71.5 Å². The van der Waals surface area contributed by atoms with Crippen LogP contribution >= 0.6 is 0 Å². The summed E-state index contributed by atoms with van der Waals surface area (Å²) in [5.74, 6) is -1.59. The first-order chi connectivity index (χ1) is 41.0. The number of carbonyl (C=O) groups is 2. The number of carboxylic acid groups (broad SMARTS) is 1. The van der Waals surface area contributed by atoms with E-state index >= 15 is 0 Å². The van der Waals surface area contributed by atoms with Gasteiger partial charge in [-0.05, 0) is 37.8 Å². The SMILES string of the molecule is CS(=O)(=O)c1c(C2CC3COCC(C2)N3)nc2c(-c3ccc(-c4ccccc4)nc3)cnn2c1N.CS(=O)(=O)c1c(C2CC3COCC(C2)N3C(=O)c2ncn[nH]2)nc2c(-c3ccc(-c4ccccc4)nc3)cnn2c1N.O=C(O)c1ncn[nH]1. The maximum Gasteiger partial charge on any atom is 0.373 e. The van der Waals surface area contributed by atoms with Gasteiger partial charge in [0, 0.05) is 82.2 Å². The minimum Gasteiger partial charge on any atom is -0.475 e. The number of anilines is 2. The summed E-state index contributed by atoms with van der Waals surface area (Å²) < 4.78 is 66.2. The number of pyridine rings is 2. The molecule has 8 N–H and O–H groups in total. The van der Waals surface area contributed by atoms with Crippen molar-refractivity contribution in [1.82, 2.24) is 79.7 Å². The Balaban J connectivity index is 0.000000149. The lowest BCUT2D eigenvalue weighted by Crippen LogP contribution is -2.59. The van der Waals surface area contributed by atoms with Gasteiger partial charge in [0.25, 0.3) is 5.91 Å². The van der Waals surface area contributed by atoms with Crippen LogP contribution in [0.1, 0.15) is 70.1 Å². The predicted molar refractivity (Wildman–Crippen MR) is 308 cm³/mol. The lowest BCUT2D eigenvalue weighted by atomic mass is 9.82. The number of hydrogen-bond acceptors (Lipinski definition) is 21. The molecule has 0 saturated carbocycles.